The average molecular weight is 441 g/mol. The molecule has 0 radical (unpaired) electrons. The largest absolute Gasteiger partial charge is 0.497 e. The van der Waals surface area contributed by atoms with E-state index in [0.717, 1.165) is 22.4 Å². The lowest BCUT2D eigenvalue weighted by molar-refractivity contribution is 0.0523. The number of aldehydes is 1. The summed E-state index contributed by atoms with van der Waals surface area (Å²) in [5.74, 6) is 0.814. The average Bonchev–Trinajstić information content (AvgIpc) is 2.88. The Balaban J connectivity index is 1.64. The highest BCUT2D eigenvalue weighted by molar-refractivity contribution is 5.72. The van der Waals surface area contributed by atoms with E-state index in [1.807, 2.05) is 84.9 Å². The van der Waals surface area contributed by atoms with Gasteiger partial charge in [0.15, 0.2) is 18.1 Å². The fourth-order valence-electron chi connectivity index (χ4n) is 3.37. The van der Waals surface area contributed by atoms with Gasteiger partial charge in [-0.2, -0.15) is 4.73 Å². The van der Waals surface area contributed by atoms with Crippen molar-refractivity contribution in [3.8, 4) is 11.5 Å². The van der Waals surface area contributed by atoms with E-state index < -0.39 is 11.5 Å². The third-order valence-corrected chi connectivity index (χ3v) is 5.11. The van der Waals surface area contributed by atoms with Crippen molar-refractivity contribution >= 4 is 6.29 Å². The first-order valence-electron chi connectivity index (χ1n) is 10.4. The quantitative estimate of drug-likeness (QED) is 0.359. The smallest absolute Gasteiger partial charge is 0.224 e. The molecule has 0 unspecified atom stereocenters. The van der Waals surface area contributed by atoms with Crippen LogP contribution in [-0.2, 0) is 6.61 Å². The summed E-state index contributed by atoms with van der Waals surface area (Å²) in [5, 5.41) is 0. The zero-order valence-corrected chi connectivity index (χ0v) is 18.1. The minimum atomic E-state index is -0.497. The van der Waals surface area contributed by atoms with Crippen LogP contribution in [0.15, 0.2) is 102 Å². The van der Waals surface area contributed by atoms with Gasteiger partial charge in [0.25, 0.3) is 0 Å². The Morgan fingerprint density at radius 1 is 0.879 bits per heavy atom. The zero-order chi connectivity index (χ0) is 23.0. The summed E-state index contributed by atoms with van der Waals surface area (Å²) in [6.07, 6.45) is 1.50. The molecule has 6 heteroatoms. The maximum absolute atomic E-state index is 12.5. The summed E-state index contributed by atoms with van der Waals surface area (Å²) in [7, 11) is 1.60. The van der Waals surface area contributed by atoms with E-state index in [1.165, 1.54) is 17.0 Å². The molecule has 0 aliphatic carbocycles. The van der Waals surface area contributed by atoms with Crippen molar-refractivity contribution in [2.24, 2.45) is 0 Å². The van der Waals surface area contributed by atoms with Crippen molar-refractivity contribution in [2.45, 2.75) is 12.7 Å². The molecule has 0 aliphatic heterocycles. The first-order valence-corrected chi connectivity index (χ1v) is 10.4. The molecule has 33 heavy (non-hydrogen) atoms. The summed E-state index contributed by atoms with van der Waals surface area (Å²) >= 11 is 0. The molecule has 0 N–H and O–H groups in total. The number of benzene rings is 3. The van der Waals surface area contributed by atoms with E-state index in [4.69, 9.17) is 14.3 Å². The second kappa shape index (κ2) is 10.3. The van der Waals surface area contributed by atoms with Crippen molar-refractivity contribution in [3.63, 3.8) is 0 Å². The molecule has 0 atom stereocenters. The lowest BCUT2D eigenvalue weighted by Crippen LogP contribution is -2.24. The van der Waals surface area contributed by atoms with Crippen LogP contribution in [0.4, 0.5) is 0 Å². The standard InChI is InChI=1S/C27H23NO5/c1-31-24-14-12-20(13-15-24)19-32-26-17-28(23(18-29)16-25(26)30)33-27(21-8-4-2-5-9-21)22-10-6-3-7-11-22/h2-18,27H,19H2,1H3. The summed E-state index contributed by atoms with van der Waals surface area (Å²) in [6.45, 7) is 0.181. The van der Waals surface area contributed by atoms with Gasteiger partial charge in [0, 0.05) is 6.07 Å². The van der Waals surface area contributed by atoms with Crippen LogP contribution in [0.1, 0.15) is 33.3 Å². The lowest BCUT2D eigenvalue weighted by atomic mass is 10.0. The van der Waals surface area contributed by atoms with Gasteiger partial charge in [0.1, 0.15) is 18.1 Å². The van der Waals surface area contributed by atoms with E-state index in [-0.39, 0.29) is 18.1 Å². The summed E-state index contributed by atoms with van der Waals surface area (Å²) in [5.41, 5.74) is 2.36. The van der Waals surface area contributed by atoms with Crippen LogP contribution >= 0.6 is 0 Å². The highest BCUT2D eigenvalue weighted by Gasteiger charge is 2.18. The van der Waals surface area contributed by atoms with Crippen LogP contribution in [0, 0.1) is 0 Å². The van der Waals surface area contributed by atoms with Crippen molar-refractivity contribution < 1.29 is 19.1 Å². The predicted octanol–water partition coefficient (Wildman–Crippen LogP) is 4.47. The summed E-state index contributed by atoms with van der Waals surface area (Å²) in [6, 6.07) is 27.9. The van der Waals surface area contributed by atoms with E-state index in [2.05, 4.69) is 0 Å². The molecule has 0 fully saturated rings. The minimum Gasteiger partial charge on any atom is -0.497 e. The van der Waals surface area contributed by atoms with Gasteiger partial charge in [-0.25, -0.2) is 0 Å². The summed E-state index contributed by atoms with van der Waals surface area (Å²) in [4.78, 5) is 30.5. The van der Waals surface area contributed by atoms with Crippen molar-refractivity contribution in [1.82, 2.24) is 4.73 Å². The van der Waals surface area contributed by atoms with Gasteiger partial charge in [-0.1, -0.05) is 72.8 Å². The normalized spacial score (nSPS) is 10.6. The number of hydrogen-bond acceptors (Lipinski definition) is 5. The third-order valence-electron chi connectivity index (χ3n) is 5.11. The molecule has 0 saturated carbocycles. The molecule has 166 valence electrons. The number of ether oxygens (including phenoxy) is 2. The fourth-order valence-corrected chi connectivity index (χ4v) is 3.37. The number of methoxy groups -OCH3 is 1. The van der Waals surface area contributed by atoms with E-state index in [1.54, 1.807) is 7.11 Å². The maximum atomic E-state index is 12.5. The Morgan fingerprint density at radius 2 is 1.48 bits per heavy atom. The zero-order valence-electron chi connectivity index (χ0n) is 18.1. The van der Waals surface area contributed by atoms with Gasteiger partial charge in [0.2, 0.25) is 5.43 Å². The highest BCUT2D eigenvalue weighted by Crippen LogP contribution is 2.24. The Labute approximate surface area is 191 Å². The van der Waals surface area contributed by atoms with Gasteiger partial charge < -0.3 is 14.3 Å². The van der Waals surface area contributed by atoms with Gasteiger partial charge >= 0.3 is 0 Å². The SMILES string of the molecule is COc1ccc(COc2cn(OC(c3ccccc3)c3ccccc3)c(C=O)cc2=O)cc1. The minimum absolute atomic E-state index is 0.0799. The third kappa shape index (κ3) is 5.30. The van der Waals surface area contributed by atoms with Crippen molar-refractivity contribution in [3.05, 3.63) is 130 Å². The van der Waals surface area contributed by atoms with Gasteiger partial charge in [-0.05, 0) is 28.8 Å². The monoisotopic (exact) mass is 441 g/mol. The lowest BCUT2D eigenvalue weighted by Gasteiger charge is -2.22. The van der Waals surface area contributed by atoms with Crippen LogP contribution in [-0.4, -0.2) is 18.1 Å². The predicted molar refractivity (Wildman–Crippen MR) is 125 cm³/mol. The van der Waals surface area contributed by atoms with Gasteiger partial charge in [-0.15, -0.1) is 0 Å². The molecule has 0 aliphatic rings. The Bertz CT molecular complexity index is 1210. The Hall–Kier alpha value is -4.32. The number of nitrogens with zero attached hydrogens (tertiary/aromatic N) is 1. The van der Waals surface area contributed by atoms with Crippen LogP contribution < -0.4 is 19.7 Å². The molecule has 3 aromatic carbocycles. The fraction of sp³-hybridized carbons (Fsp3) is 0.111. The molecule has 1 heterocycles. The highest BCUT2D eigenvalue weighted by atomic mass is 16.7. The van der Waals surface area contributed by atoms with Crippen LogP contribution in [0.25, 0.3) is 0 Å². The van der Waals surface area contributed by atoms with E-state index in [9.17, 15) is 9.59 Å². The molecule has 0 amide bonds. The second-order valence-electron chi connectivity index (χ2n) is 7.31. The molecule has 0 saturated heterocycles. The summed E-state index contributed by atoms with van der Waals surface area (Å²) < 4.78 is 12.2. The van der Waals surface area contributed by atoms with Crippen molar-refractivity contribution in [2.75, 3.05) is 7.11 Å². The van der Waals surface area contributed by atoms with Crippen LogP contribution in [0.3, 0.4) is 0 Å². The molecule has 4 rings (SSSR count). The number of rotatable bonds is 9. The van der Waals surface area contributed by atoms with E-state index >= 15 is 0 Å². The Morgan fingerprint density at radius 3 is 2.03 bits per heavy atom. The Kier molecular flexibility index (Phi) is 6.85. The van der Waals surface area contributed by atoms with E-state index in [0.29, 0.717) is 6.29 Å². The number of carbonyl (C=O) groups excluding carboxylic acids is 1. The number of carbonyl (C=O) groups is 1. The van der Waals surface area contributed by atoms with Gasteiger partial charge in [-0.3, -0.25) is 9.59 Å². The molecule has 4 aromatic rings. The molecule has 0 bridgehead atoms. The number of aromatic nitrogens is 1. The molecule has 1 aromatic heterocycles. The van der Waals surface area contributed by atoms with Gasteiger partial charge in [0.05, 0.1) is 13.3 Å². The first-order chi connectivity index (χ1) is 16.2. The van der Waals surface area contributed by atoms with Crippen LogP contribution in [0.2, 0.25) is 0 Å². The molecule has 6 nitrogen and oxygen atoms in total. The molecular weight excluding hydrogens is 418 g/mol. The topological polar surface area (TPSA) is 66.8 Å². The number of pyridine rings is 1. The van der Waals surface area contributed by atoms with Crippen molar-refractivity contribution in [1.29, 1.82) is 0 Å². The molecular formula is C27H23NO5. The second-order valence-corrected chi connectivity index (χ2v) is 7.31. The maximum Gasteiger partial charge on any atom is 0.224 e. The number of hydrogen-bond donors (Lipinski definition) is 0. The molecule has 0 spiro atoms. The van der Waals surface area contributed by atoms with Crippen LogP contribution in [0.5, 0.6) is 11.5 Å². The first kappa shape index (κ1) is 21.9.